The monoisotopic (exact) mass is 388 g/mol. The summed E-state index contributed by atoms with van der Waals surface area (Å²) in [4.78, 5) is 16.7. The van der Waals surface area contributed by atoms with Crippen LogP contribution in [0, 0.1) is 3.57 Å². The number of anilines is 1. The number of ether oxygens (including phenoxy) is 1. The third-order valence-electron chi connectivity index (χ3n) is 2.46. The van der Waals surface area contributed by atoms with Crippen molar-refractivity contribution in [1.29, 1.82) is 0 Å². The van der Waals surface area contributed by atoms with E-state index in [9.17, 15) is 4.79 Å². The Bertz CT molecular complexity index is 581. The maximum atomic E-state index is 11.8. The van der Waals surface area contributed by atoms with Crippen molar-refractivity contribution in [2.24, 2.45) is 0 Å². The largest absolute Gasteiger partial charge is 0.461 e. The summed E-state index contributed by atoms with van der Waals surface area (Å²) in [5.74, 6) is -0.407. The molecule has 4 nitrogen and oxygen atoms in total. The van der Waals surface area contributed by atoms with Crippen LogP contribution in [0.1, 0.15) is 27.9 Å². The number of hydrogen-bond donors (Lipinski definition) is 1. The lowest BCUT2D eigenvalue weighted by Gasteiger charge is -2.03. The van der Waals surface area contributed by atoms with Gasteiger partial charge in [-0.2, -0.15) is 0 Å². The molecule has 0 amide bonds. The topological polar surface area (TPSA) is 65.2 Å². The lowest BCUT2D eigenvalue weighted by Crippen LogP contribution is -2.08. The molecule has 19 heavy (non-hydrogen) atoms. The van der Waals surface area contributed by atoms with Gasteiger partial charge in [0, 0.05) is 14.9 Å². The van der Waals surface area contributed by atoms with Gasteiger partial charge in [0.05, 0.1) is 6.61 Å². The fourth-order valence-corrected chi connectivity index (χ4v) is 2.85. The molecule has 6 heteroatoms. The molecule has 0 aliphatic rings. The van der Waals surface area contributed by atoms with Gasteiger partial charge in [0.2, 0.25) is 0 Å². The SMILES string of the molecule is CCOC(=O)c1nc(N)sc1Cc1ccc(I)cc1. The lowest BCUT2D eigenvalue weighted by molar-refractivity contribution is 0.0519. The summed E-state index contributed by atoms with van der Waals surface area (Å²) in [7, 11) is 0. The molecule has 2 N–H and O–H groups in total. The van der Waals surface area contributed by atoms with Crippen LogP contribution < -0.4 is 5.73 Å². The highest BCUT2D eigenvalue weighted by Gasteiger charge is 2.18. The minimum absolute atomic E-state index is 0.333. The Kier molecular flexibility index (Phi) is 4.76. The number of benzene rings is 1. The first kappa shape index (κ1) is 14.3. The molecule has 1 heterocycles. The number of carbonyl (C=O) groups is 1. The smallest absolute Gasteiger partial charge is 0.358 e. The van der Waals surface area contributed by atoms with Crippen LogP contribution in [0.5, 0.6) is 0 Å². The average molecular weight is 388 g/mol. The van der Waals surface area contributed by atoms with E-state index in [2.05, 4.69) is 27.6 Å². The molecule has 0 unspecified atom stereocenters. The van der Waals surface area contributed by atoms with E-state index < -0.39 is 5.97 Å². The molecular weight excluding hydrogens is 375 g/mol. The highest BCUT2D eigenvalue weighted by Crippen LogP contribution is 2.24. The van der Waals surface area contributed by atoms with E-state index in [1.807, 2.05) is 24.3 Å². The van der Waals surface area contributed by atoms with Crippen molar-refractivity contribution in [2.45, 2.75) is 13.3 Å². The van der Waals surface area contributed by atoms with Gasteiger partial charge in [-0.05, 0) is 47.2 Å². The molecular formula is C13H13IN2O2S. The number of aromatic nitrogens is 1. The number of thiazole rings is 1. The number of carbonyl (C=O) groups excluding carboxylic acids is 1. The minimum atomic E-state index is -0.407. The first-order chi connectivity index (χ1) is 9.10. The van der Waals surface area contributed by atoms with Gasteiger partial charge in [0.15, 0.2) is 10.8 Å². The molecule has 2 aromatic rings. The normalized spacial score (nSPS) is 10.4. The molecule has 100 valence electrons. The second-order valence-electron chi connectivity index (χ2n) is 3.85. The molecule has 0 fully saturated rings. The number of rotatable bonds is 4. The fraction of sp³-hybridized carbons (Fsp3) is 0.231. The van der Waals surface area contributed by atoms with Crippen LogP contribution >= 0.6 is 33.9 Å². The van der Waals surface area contributed by atoms with Gasteiger partial charge >= 0.3 is 5.97 Å². The molecule has 0 bridgehead atoms. The standard InChI is InChI=1S/C13H13IN2O2S/c1-2-18-12(17)11-10(19-13(15)16-11)7-8-3-5-9(14)6-4-8/h3-6H,2,7H2,1H3,(H2,15,16). The van der Waals surface area contributed by atoms with Crippen LogP contribution in [0.3, 0.4) is 0 Å². The summed E-state index contributed by atoms with van der Waals surface area (Å²) in [5, 5.41) is 0.392. The van der Waals surface area contributed by atoms with Gasteiger partial charge in [-0.3, -0.25) is 0 Å². The molecule has 1 aromatic heterocycles. The number of nitrogen functional groups attached to an aromatic ring is 1. The van der Waals surface area contributed by atoms with E-state index in [0.717, 1.165) is 10.4 Å². The van der Waals surface area contributed by atoms with Crippen LogP contribution in [0.4, 0.5) is 5.13 Å². The highest BCUT2D eigenvalue weighted by atomic mass is 127. The minimum Gasteiger partial charge on any atom is -0.461 e. The molecule has 0 radical (unpaired) electrons. The quantitative estimate of drug-likeness (QED) is 0.646. The zero-order valence-electron chi connectivity index (χ0n) is 10.4. The first-order valence-electron chi connectivity index (χ1n) is 5.77. The Balaban J connectivity index is 2.24. The van der Waals surface area contributed by atoms with Crippen LogP contribution in [0.15, 0.2) is 24.3 Å². The zero-order chi connectivity index (χ0) is 13.8. The Morgan fingerprint density at radius 2 is 2.11 bits per heavy atom. The molecule has 1 aromatic carbocycles. The summed E-state index contributed by atoms with van der Waals surface area (Å²) in [6.07, 6.45) is 0.639. The number of esters is 1. The van der Waals surface area contributed by atoms with Gasteiger partial charge in [-0.1, -0.05) is 12.1 Å². The fourth-order valence-electron chi connectivity index (χ4n) is 1.64. The third kappa shape index (κ3) is 3.66. The van der Waals surface area contributed by atoms with Crippen LogP contribution in [-0.4, -0.2) is 17.6 Å². The van der Waals surface area contributed by atoms with E-state index in [4.69, 9.17) is 10.5 Å². The third-order valence-corrected chi connectivity index (χ3v) is 4.06. The number of hydrogen-bond acceptors (Lipinski definition) is 5. The molecule has 2 rings (SSSR count). The first-order valence-corrected chi connectivity index (χ1v) is 7.66. The van der Waals surface area contributed by atoms with E-state index in [1.165, 1.54) is 14.9 Å². The maximum Gasteiger partial charge on any atom is 0.358 e. The second kappa shape index (κ2) is 6.33. The summed E-state index contributed by atoms with van der Waals surface area (Å²) in [5.41, 5.74) is 7.15. The lowest BCUT2D eigenvalue weighted by atomic mass is 10.1. The van der Waals surface area contributed by atoms with E-state index in [0.29, 0.717) is 23.9 Å². The number of halogens is 1. The van der Waals surface area contributed by atoms with Crippen LogP contribution in [0.2, 0.25) is 0 Å². The number of nitrogens with two attached hydrogens (primary N) is 1. The number of nitrogens with zero attached hydrogens (tertiary/aromatic N) is 1. The van der Waals surface area contributed by atoms with E-state index >= 15 is 0 Å². The van der Waals surface area contributed by atoms with Crippen molar-refractivity contribution in [3.05, 3.63) is 44.0 Å². The van der Waals surface area contributed by atoms with Gasteiger partial charge in [0.1, 0.15) is 0 Å². The van der Waals surface area contributed by atoms with Crippen molar-refractivity contribution in [1.82, 2.24) is 4.98 Å². The Labute approximate surface area is 129 Å². The van der Waals surface area contributed by atoms with Crippen molar-refractivity contribution in [2.75, 3.05) is 12.3 Å². The van der Waals surface area contributed by atoms with Gasteiger partial charge < -0.3 is 10.5 Å². The molecule has 0 aliphatic heterocycles. The predicted octanol–water partition coefficient (Wildman–Crippen LogP) is 3.10. The van der Waals surface area contributed by atoms with Crippen LogP contribution in [0.25, 0.3) is 0 Å². The molecule has 0 aliphatic carbocycles. The molecule has 0 saturated heterocycles. The zero-order valence-corrected chi connectivity index (χ0v) is 13.3. The highest BCUT2D eigenvalue weighted by molar-refractivity contribution is 14.1. The molecule has 0 spiro atoms. The van der Waals surface area contributed by atoms with E-state index in [-0.39, 0.29) is 0 Å². The van der Waals surface area contributed by atoms with Crippen LogP contribution in [-0.2, 0) is 11.2 Å². The summed E-state index contributed by atoms with van der Waals surface area (Å²) in [6, 6.07) is 8.13. The summed E-state index contributed by atoms with van der Waals surface area (Å²) in [6.45, 7) is 2.10. The van der Waals surface area contributed by atoms with Crippen molar-refractivity contribution >= 4 is 45.0 Å². The Morgan fingerprint density at radius 1 is 1.42 bits per heavy atom. The van der Waals surface area contributed by atoms with E-state index in [1.54, 1.807) is 6.92 Å². The Hall–Kier alpha value is -1.15. The average Bonchev–Trinajstić information content (AvgIpc) is 2.74. The van der Waals surface area contributed by atoms with Crippen molar-refractivity contribution in [3.63, 3.8) is 0 Å². The summed E-state index contributed by atoms with van der Waals surface area (Å²) < 4.78 is 6.16. The van der Waals surface area contributed by atoms with Crippen molar-refractivity contribution in [3.8, 4) is 0 Å². The van der Waals surface area contributed by atoms with Gasteiger partial charge in [0.25, 0.3) is 0 Å². The molecule has 0 saturated carbocycles. The predicted molar refractivity (Wildman–Crippen MR) is 84.4 cm³/mol. The maximum absolute atomic E-state index is 11.8. The van der Waals surface area contributed by atoms with Gasteiger partial charge in [-0.15, -0.1) is 11.3 Å². The van der Waals surface area contributed by atoms with Gasteiger partial charge in [-0.25, -0.2) is 9.78 Å². The molecule has 0 atom stereocenters. The van der Waals surface area contributed by atoms with Crippen molar-refractivity contribution < 1.29 is 9.53 Å². The summed E-state index contributed by atoms with van der Waals surface area (Å²) >= 11 is 3.59. The Morgan fingerprint density at radius 3 is 2.74 bits per heavy atom. The second-order valence-corrected chi connectivity index (χ2v) is 6.21.